The van der Waals surface area contributed by atoms with E-state index in [2.05, 4.69) is 42.9 Å². The van der Waals surface area contributed by atoms with E-state index >= 15 is 0 Å². The quantitative estimate of drug-likeness (QED) is 0.711. The van der Waals surface area contributed by atoms with E-state index in [1.165, 1.54) is 16.7 Å². The highest BCUT2D eigenvalue weighted by molar-refractivity contribution is 5.95. The lowest BCUT2D eigenvalue weighted by molar-refractivity contribution is -0.885. The van der Waals surface area contributed by atoms with Gasteiger partial charge in [0.1, 0.15) is 6.54 Å². The second-order valence-corrected chi connectivity index (χ2v) is 6.11. The Morgan fingerprint density at radius 2 is 1.71 bits per heavy atom. The molecule has 3 N–H and O–H groups in total. The average molecular weight is 326 g/mol. The van der Waals surface area contributed by atoms with Gasteiger partial charge in [0, 0.05) is 11.1 Å². The van der Waals surface area contributed by atoms with Crippen LogP contribution in [0.5, 0.6) is 0 Å². The number of hydrazine groups is 1. The number of amides is 2. The third kappa shape index (κ3) is 5.21. The number of hydrogen-bond donors (Lipinski definition) is 3. The van der Waals surface area contributed by atoms with Crippen molar-refractivity contribution < 1.29 is 14.5 Å². The number of hydrogen-bond acceptors (Lipinski definition) is 2. The predicted octanol–water partition coefficient (Wildman–Crippen LogP) is 0.779. The van der Waals surface area contributed by atoms with Gasteiger partial charge in [-0.1, -0.05) is 42.0 Å². The fraction of sp³-hybridized carbons (Fsp3) is 0.263. The van der Waals surface area contributed by atoms with Gasteiger partial charge in [-0.3, -0.25) is 20.4 Å². The molecule has 0 bridgehead atoms. The van der Waals surface area contributed by atoms with Crippen LogP contribution in [0.25, 0.3) is 0 Å². The standard InChI is InChI=1S/C19H23N3O2/c1-14-9-10-17(15(2)11-14)12-22(3)13-18(23)20-21-19(24)16-7-5-4-6-8-16/h4-11H,12-13H2,1-3H3,(H,20,23)(H,21,24)/p+1. The maximum absolute atomic E-state index is 12.0. The summed E-state index contributed by atoms with van der Waals surface area (Å²) in [7, 11) is 1.96. The van der Waals surface area contributed by atoms with E-state index in [9.17, 15) is 9.59 Å². The summed E-state index contributed by atoms with van der Waals surface area (Å²) in [6.45, 7) is 5.18. The Kier molecular flexibility index (Phi) is 6.09. The zero-order valence-corrected chi connectivity index (χ0v) is 14.3. The molecule has 0 aromatic heterocycles. The Labute approximate surface area is 142 Å². The lowest BCUT2D eigenvalue weighted by Crippen LogP contribution is -3.09. The second kappa shape index (κ2) is 8.26. The van der Waals surface area contributed by atoms with Crippen LogP contribution in [0.3, 0.4) is 0 Å². The van der Waals surface area contributed by atoms with Crippen molar-refractivity contribution in [2.45, 2.75) is 20.4 Å². The molecule has 24 heavy (non-hydrogen) atoms. The summed E-state index contributed by atoms with van der Waals surface area (Å²) in [6, 6.07) is 15.1. The molecule has 0 aliphatic heterocycles. The Balaban J connectivity index is 1.80. The van der Waals surface area contributed by atoms with Crippen LogP contribution in [-0.4, -0.2) is 25.4 Å². The number of nitrogens with one attached hydrogen (secondary N) is 3. The molecule has 0 radical (unpaired) electrons. The first-order valence-corrected chi connectivity index (χ1v) is 7.97. The summed E-state index contributed by atoms with van der Waals surface area (Å²) in [5, 5.41) is 0. The van der Waals surface area contributed by atoms with Crippen molar-refractivity contribution in [2.24, 2.45) is 0 Å². The molecule has 1 unspecified atom stereocenters. The highest BCUT2D eigenvalue weighted by Gasteiger charge is 2.13. The van der Waals surface area contributed by atoms with E-state index in [0.717, 1.165) is 11.4 Å². The van der Waals surface area contributed by atoms with E-state index in [-0.39, 0.29) is 18.4 Å². The number of likely N-dealkylation sites (N-methyl/N-ethyl adjacent to an activating group) is 1. The summed E-state index contributed by atoms with van der Waals surface area (Å²) in [5.74, 6) is -0.544. The number of rotatable bonds is 5. The monoisotopic (exact) mass is 326 g/mol. The molecule has 5 heteroatoms. The van der Waals surface area contributed by atoms with E-state index in [1.54, 1.807) is 24.3 Å². The SMILES string of the molecule is Cc1ccc(C[NH+](C)CC(=O)NNC(=O)c2ccccc2)c(C)c1. The van der Waals surface area contributed by atoms with Crippen LogP contribution in [0.15, 0.2) is 48.5 Å². The molecule has 1 atom stereocenters. The van der Waals surface area contributed by atoms with Crippen molar-refractivity contribution in [1.82, 2.24) is 10.9 Å². The summed E-state index contributed by atoms with van der Waals surface area (Å²) >= 11 is 0. The molecule has 126 valence electrons. The minimum absolute atomic E-state index is 0.221. The summed E-state index contributed by atoms with van der Waals surface area (Å²) < 4.78 is 0. The van der Waals surface area contributed by atoms with Crippen LogP contribution >= 0.6 is 0 Å². The van der Waals surface area contributed by atoms with Gasteiger partial charge in [0.25, 0.3) is 11.8 Å². The molecule has 0 spiro atoms. The van der Waals surface area contributed by atoms with Gasteiger partial charge >= 0.3 is 0 Å². The molecule has 2 amide bonds. The Morgan fingerprint density at radius 3 is 2.38 bits per heavy atom. The van der Waals surface area contributed by atoms with E-state index < -0.39 is 0 Å². The average Bonchev–Trinajstić information content (AvgIpc) is 2.56. The zero-order valence-electron chi connectivity index (χ0n) is 14.3. The maximum atomic E-state index is 12.0. The van der Waals surface area contributed by atoms with Crippen LogP contribution < -0.4 is 15.8 Å². The molecule has 0 aliphatic rings. The Morgan fingerprint density at radius 1 is 1.00 bits per heavy atom. The third-order valence-corrected chi connectivity index (χ3v) is 3.80. The predicted molar refractivity (Wildman–Crippen MR) is 93.4 cm³/mol. The van der Waals surface area contributed by atoms with Crippen molar-refractivity contribution in [1.29, 1.82) is 0 Å². The molecule has 0 saturated carbocycles. The summed E-state index contributed by atoms with van der Waals surface area (Å²) in [4.78, 5) is 24.9. The second-order valence-electron chi connectivity index (χ2n) is 6.11. The van der Waals surface area contributed by atoms with Crippen molar-refractivity contribution in [3.8, 4) is 0 Å². The van der Waals surface area contributed by atoms with Crippen molar-refractivity contribution >= 4 is 11.8 Å². The van der Waals surface area contributed by atoms with Gasteiger partial charge in [0.05, 0.1) is 7.05 Å². The minimum atomic E-state index is -0.323. The Bertz CT molecular complexity index is 714. The van der Waals surface area contributed by atoms with Gasteiger partial charge in [-0.25, -0.2) is 0 Å². The molecule has 0 saturated heterocycles. The molecule has 0 aliphatic carbocycles. The molecular weight excluding hydrogens is 302 g/mol. The molecule has 5 nitrogen and oxygen atoms in total. The topological polar surface area (TPSA) is 62.6 Å². The van der Waals surface area contributed by atoms with E-state index in [4.69, 9.17) is 0 Å². The fourth-order valence-corrected chi connectivity index (χ4v) is 2.54. The van der Waals surface area contributed by atoms with Gasteiger partial charge in [-0.05, 0) is 31.5 Å². The largest absolute Gasteiger partial charge is 0.326 e. The van der Waals surface area contributed by atoms with Crippen molar-refractivity contribution in [3.05, 3.63) is 70.8 Å². The lowest BCUT2D eigenvalue weighted by Gasteiger charge is -2.15. The first kappa shape index (κ1) is 17.7. The number of benzene rings is 2. The van der Waals surface area contributed by atoms with Crippen LogP contribution in [0.4, 0.5) is 0 Å². The molecule has 2 aromatic carbocycles. The van der Waals surface area contributed by atoms with Gasteiger partial charge < -0.3 is 4.90 Å². The van der Waals surface area contributed by atoms with Crippen LogP contribution in [0.2, 0.25) is 0 Å². The lowest BCUT2D eigenvalue weighted by atomic mass is 10.1. The normalized spacial score (nSPS) is 11.6. The first-order valence-electron chi connectivity index (χ1n) is 7.97. The van der Waals surface area contributed by atoms with Gasteiger partial charge in [0.2, 0.25) is 0 Å². The number of carbonyl (C=O) groups is 2. The molecule has 0 heterocycles. The molecule has 0 fully saturated rings. The smallest absolute Gasteiger partial charge is 0.293 e. The highest BCUT2D eigenvalue weighted by Crippen LogP contribution is 2.08. The number of quaternary nitrogens is 1. The molecule has 2 aromatic rings. The van der Waals surface area contributed by atoms with E-state index in [1.807, 2.05) is 13.1 Å². The zero-order chi connectivity index (χ0) is 17.5. The van der Waals surface area contributed by atoms with Crippen LogP contribution in [0, 0.1) is 13.8 Å². The Hall–Kier alpha value is -2.66. The van der Waals surface area contributed by atoms with Gasteiger partial charge in [-0.15, -0.1) is 0 Å². The van der Waals surface area contributed by atoms with E-state index in [0.29, 0.717) is 5.56 Å². The van der Waals surface area contributed by atoms with Crippen molar-refractivity contribution in [2.75, 3.05) is 13.6 Å². The van der Waals surface area contributed by atoms with Crippen LogP contribution in [-0.2, 0) is 11.3 Å². The third-order valence-electron chi connectivity index (χ3n) is 3.80. The maximum Gasteiger partial charge on any atom is 0.293 e. The van der Waals surface area contributed by atoms with Crippen LogP contribution in [0.1, 0.15) is 27.0 Å². The fourth-order valence-electron chi connectivity index (χ4n) is 2.54. The minimum Gasteiger partial charge on any atom is -0.326 e. The van der Waals surface area contributed by atoms with Gasteiger partial charge in [-0.2, -0.15) is 0 Å². The summed E-state index contributed by atoms with van der Waals surface area (Å²) in [6.07, 6.45) is 0. The summed E-state index contributed by atoms with van der Waals surface area (Å²) in [5.41, 5.74) is 9.09. The first-order chi connectivity index (χ1) is 11.5. The van der Waals surface area contributed by atoms with Gasteiger partial charge in [0.15, 0.2) is 6.54 Å². The number of aryl methyl sites for hydroxylation is 2. The highest BCUT2D eigenvalue weighted by atomic mass is 16.2. The molecular formula is C19H24N3O2+. The van der Waals surface area contributed by atoms with Crippen molar-refractivity contribution in [3.63, 3.8) is 0 Å². The molecule has 2 rings (SSSR count). The number of carbonyl (C=O) groups excluding carboxylic acids is 2.